The van der Waals surface area contributed by atoms with Crippen molar-refractivity contribution in [1.82, 2.24) is 10.3 Å². The van der Waals surface area contributed by atoms with Gasteiger partial charge in [-0.05, 0) is 36.4 Å². The molecule has 6 nitrogen and oxygen atoms in total. The smallest absolute Gasteiger partial charge is 0.255 e. The molecule has 2 aromatic rings. The summed E-state index contributed by atoms with van der Waals surface area (Å²) in [6, 6.07) is 9.90. The fraction of sp³-hybridized carbons (Fsp3) is 0.133. The predicted octanol–water partition coefficient (Wildman–Crippen LogP) is 1.15. The molecule has 21 heavy (non-hydrogen) atoms. The number of carbonyl (C=O) groups excluding carboxylic acids is 2. The molecule has 0 aliphatic carbocycles. The van der Waals surface area contributed by atoms with Gasteiger partial charge in [0.05, 0.1) is 5.69 Å². The monoisotopic (exact) mass is 284 g/mol. The summed E-state index contributed by atoms with van der Waals surface area (Å²) in [5.74, 6) is -0.422. The van der Waals surface area contributed by atoms with Crippen LogP contribution in [-0.4, -0.2) is 23.8 Å². The molecule has 2 amide bonds. The molecule has 0 bridgehead atoms. The van der Waals surface area contributed by atoms with Crippen LogP contribution in [0.1, 0.15) is 26.4 Å². The van der Waals surface area contributed by atoms with Gasteiger partial charge >= 0.3 is 0 Å². The fourth-order valence-corrected chi connectivity index (χ4v) is 1.78. The number of carbonyl (C=O) groups is 2. The van der Waals surface area contributed by atoms with E-state index < -0.39 is 0 Å². The molecular weight excluding hydrogens is 268 g/mol. The molecule has 0 spiro atoms. The number of hydrogen-bond acceptors (Lipinski definition) is 4. The number of anilines is 1. The Hall–Kier alpha value is -2.73. The molecule has 108 valence electrons. The lowest BCUT2D eigenvalue weighted by atomic mass is 10.1. The van der Waals surface area contributed by atoms with Gasteiger partial charge in [0.15, 0.2) is 0 Å². The van der Waals surface area contributed by atoms with E-state index in [9.17, 15) is 9.59 Å². The van der Waals surface area contributed by atoms with E-state index in [0.29, 0.717) is 22.5 Å². The molecule has 1 aromatic carbocycles. The first-order valence-electron chi connectivity index (χ1n) is 6.42. The quantitative estimate of drug-likeness (QED) is 0.784. The summed E-state index contributed by atoms with van der Waals surface area (Å²) in [6.45, 7) is 0.280. The average molecular weight is 284 g/mol. The zero-order valence-electron chi connectivity index (χ0n) is 11.6. The first-order chi connectivity index (χ1) is 10.1. The van der Waals surface area contributed by atoms with Gasteiger partial charge in [0.25, 0.3) is 11.8 Å². The van der Waals surface area contributed by atoms with Crippen LogP contribution in [0.25, 0.3) is 0 Å². The number of nitrogens with zero attached hydrogens (tertiary/aromatic N) is 1. The summed E-state index contributed by atoms with van der Waals surface area (Å²) in [7, 11) is 1.57. The number of aromatic nitrogens is 1. The first kappa shape index (κ1) is 14.7. The number of hydrogen-bond donors (Lipinski definition) is 3. The van der Waals surface area contributed by atoms with Crippen LogP contribution in [0.4, 0.5) is 5.69 Å². The molecule has 0 atom stereocenters. The minimum atomic E-state index is -0.250. The van der Waals surface area contributed by atoms with Crippen LogP contribution in [0.5, 0.6) is 0 Å². The van der Waals surface area contributed by atoms with E-state index in [1.54, 1.807) is 49.6 Å². The Bertz CT molecular complexity index is 653. The first-order valence-corrected chi connectivity index (χ1v) is 6.42. The van der Waals surface area contributed by atoms with Crippen molar-refractivity contribution in [2.45, 2.75) is 6.54 Å². The fourth-order valence-electron chi connectivity index (χ4n) is 1.78. The predicted molar refractivity (Wildman–Crippen MR) is 79.9 cm³/mol. The van der Waals surface area contributed by atoms with Gasteiger partial charge in [0, 0.05) is 36.6 Å². The van der Waals surface area contributed by atoms with Crippen molar-refractivity contribution in [3.8, 4) is 0 Å². The molecule has 6 heteroatoms. The number of nitrogens with two attached hydrogens (primary N) is 1. The van der Waals surface area contributed by atoms with Crippen LogP contribution in [0.15, 0.2) is 42.6 Å². The highest BCUT2D eigenvalue weighted by molar-refractivity contribution is 6.04. The summed E-state index contributed by atoms with van der Waals surface area (Å²) in [6.07, 6.45) is 1.55. The number of rotatable bonds is 4. The van der Waals surface area contributed by atoms with Crippen molar-refractivity contribution < 1.29 is 9.59 Å². The number of benzene rings is 1. The van der Waals surface area contributed by atoms with Crippen LogP contribution >= 0.6 is 0 Å². The van der Waals surface area contributed by atoms with Crippen molar-refractivity contribution in [2.75, 3.05) is 12.4 Å². The third-order valence-electron chi connectivity index (χ3n) is 2.92. The number of pyridine rings is 1. The van der Waals surface area contributed by atoms with Crippen LogP contribution in [0.3, 0.4) is 0 Å². The van der Waals surface area contributed by atoms with Gasteiger partial charge < -0.3 is 16.4 Å². The zero-order valence-corrected chi connectivity index (χ0v) is 11.6. The summed E-state index contributed by atoms with van der Waals surface area (Å²) in [5, 5.41) is 5.29. The van der Waals surface area contributed by atoms with Crippen LogP contribution < -0.4 is 16.4 Å². The van der Waals surface area contributed by atoms with Crippen molar-refractivity contribution in [3.63, 3.8) is 0 Å². The molecule has 4 N–H and O–H groups in total. The largest absolute Gasteiger partial charge is 0.355 e. The third-order valence-corrected chi connectivity index (χ3v) is 2.92. The van der Waals surface area contributed by atoms with E-state index in [1.807, 2.05) is 0 Å². The van der Waals surface area contributed by atoms with E-state index in [2.05, 4.69) is 15.6 Å². The van der Waals surface area contributed by atoms with Crippen molar-refractivity contribution >= 4 is 17.5 Å². The van der Waals surface area contributed by atoms with Gasteiger partial charge in [-0.3, -0.25) is 14.6 Å². The highest BCUT2D eigenvalue weighted by Crippen LogP contribution is 2.11. The van der Waals surface area contributed by atoms with Crippen LogP contribution in [0, 0.1) is 0 Å². The number of nitrogens with one attached hydrogen (secondary N) is 2. The molecule has 0 saturated heterocycles. The normalized spacial score (nSPS) is 10.0. The van der Waals surface area contributed by atoms with Crippen molar-refractivity contribution in [1.29, 1.82) is 0 Å². The van der Waals surface area contributed by atoms with Crippen molar-refractivity contribution in [3.05, 3.63) is 59.4 Å². The van der Waals surface area contributed by atoms with Gasteiger partial charge in [-0.15, -0.1) is 0 Å². The molecule has 0 aliphatic rings. The summed E-state index contributed by atoms with van der Waals surface area (Å²) >= 11 is 0. The average Bonchev–Trinajstić information content (AvgIpc) is 2.54. The van der Waals surface area contributed by atoms with Gasteiger partial charge in [-0.1, -0.05) is 0 Å². The lowest BCUT2D eigenvalue weighted by molar-refractivity contribution is 0.0962. The second kappa shape index (κ2) is 6.62. The van der Waals surface area contributed by atoms with Gasteiger partial charge in [0.1, 0.15) is 0 Å². The Balaban J connectivity index is 2.10. The standard InChI is InChI=1S/C15H16N4O2/c1-17-14(20)10-2-4-12(5-3-10)19-15(21)11-6-7-18-13(8-11)9-16/h2-8H,9,16H2,1H3,(H,17,20)(H,19,21). The van der Waals surface area contributed by atoms with E-state index in [-0.39, 0.29) is 18.4 Å². The van der Waals surface area contributed by atoms with E-state index in [0.717, 1.165) is 0 Å². The highest BCUT2D eigenvalue weighted by Gasteiger charge is 2.08. The zero-order chi connectivity index (χ0) is 15.2. The molecule has 1 aromatic heterocycles. The van der Waals surface area contributed by atoms with Crippen LogP contribution in [-0.2, 0) is 6.54 Å². The molecule has 0 unspecified atom stereocenters. The minimum absolute atomic E-state index is 0.172. The van der Waals surface area contributed by atoms with Gasteiger partial charge in [-0.25, -0.2) is 0 Å². The Morgan fingerprint density at radius 1 is 1.10 bits per heavy atom. The number of amides is 2. The Morgan fingerprint density at radius 3 is 2.43 bits per heavy atom. The second-order valence-corrected chi connectivity index (χ2v) is 4.35. The molecule has 2 rings (SSSR count). The minimum Gasteiger partial charge on any atom is -0.355 e. The molecule has 0 radical (unpaired) electrons. The maximum Gasteiger partial charge on any atom is 0.255 e. The third kappa shape index (κ3) is 3.64. The Morgan fingerprint density at radius 2 is 1.81 bits per heavy atom. The Labute approximate surface area is 122 Å². The second-order valence-electron chi connectivity index (χ2n) is 4.35. The molecule has 0 aliphatic heterocycles. The van der Waals surface area contributed by atoms with Crippen LogP contribution in [0.2, 0.25) is 0 Å². The summed E-state index contributed by atoms with van der Waals surface area (Å²) < 4.78 is 0. The lowest BCUT2D eigenvalue weighted by Crippen LogP contribution is -2.18. The SMILES string of the molecule is CNC(=O)c1ccc(NC(=O)c2ccnc(CN)c2)cc1. The van der Waals surface area contributed by atoms with Gasteiger partial charge in [-0.2, -0.15) is 0 Å². The maximum absolute atomic E-state index is 12.1. The van der Waals surface area contributed by atoms with E-state index >= 15 is 0 Å². The Kier molecular flexibility index (Phi) is 4.63. The van der Waals surface area contributed by atoms with E-state index in [4.69, 9.17) is 5.73 Å². The molecule has 0 fully saturated rings. The van der Waals surface area contributed by atoms with Gasteiger partial charge in [0.2, 0.25) is 0 Å². The summed E-state index contributed by atoms with van der Waals surface area (Å²) in [4.78, 5) is 27.6. The highest BCUT2D eigenvalue weighted by atomic mass is 16.2. The molecular formula is C15H16N4O2. The lowest BCUT2D eigenvalue weighted by Gasteiger charge is -2.07. The maximum atomic E-state index is 12.1. The molecule has 0 saturated carbocycles. The molecule has 1 heterocycles. The van der Waals surface area contributed by atoms with Crippen molar-refractivity contribution in [2.24, 2.45) is 5.73 Å². The summed E-state index contributed by atoms with van der Waals surface area (Å²) in [5.41, 5.74) is 7.78. The topological polar surface area (TPSA) is 97.1 Å². The van der Waals surface area contributed by atoms with E-state index in [1.165, 1.54) is 0 Å².